The number of carbonyl (C=O) groups is 1. The van der Waals surface area contributed by atoms with E-state index < -0.39 is 11.0 Å². The number of nitro groups is 1. The summed E-state index contributed by atoms with van der Waals surface area (Å²) in [4.78, 5) is 22.6. The Hall–Kier alpha value is -3.33. The van der Waals surface area contributed by atoms with Crippen LogP contribution in [0.25, 0.3) is 0 Å². The molecule has 2 aromatic rings. The molecule has 28 heavy (non-hydrogen) atoms. The molecule has 2 rings (SSSR count). The second-order valence-electron chi connectivity index (χ2n) is 5.31. The van der Waals surface area contributed by atoms with Crippen LogP contribution in [0.4, 0.5) is 16.2 Å². The van der Waals surface area contributed by atoms with E-state index in [1.54, 1.807) is 38.1 Å². The van der Waals surface area contributed by atoms with Gasteiger partial charge < -0.3 is 14.8 Å². The lowest BCUT2D eigenvalue weighted by Crippen LogP contribution is -2.24. The first kappa shape index (κ1) is 21.0. The average Bonchev–Trinajstić information content (AvgIpc) is 2.65. The number of anilines is 1. The van der Waals surface area contributed by atoms with Crippen molar-refractivity contribution in [2.75, 3.05) is 18.5 Å². The summed E-state index contributed by atoms with van der Waals surface area (Å²) >= 11 is 5.79. The van der Waals surface area contributed by atoms with Gasteiger partial charge in [0.05, 0.1) is 24.4 Å². The fourth-order valence-electron chi connectivity index (χ4n) is 2.21. The van der Waals surface area contributed by atoms with Crippen LogP contribution in [-0.2, 0) is 0 Å². The van der Waals surface area contributed by atoms with Gasteiger partial charge in [0.25, 0.3) is 0 Å². The molecule has 0 spiro atoms. The van der Waals surface area contributed by atoms with E-state index in [0.29, 0.717) is 28.6 Å². The first-order valence-electron chi connectivity index (χ1n) is 8.38. The largest absolute Gasteiger partial charge is 0.493 e. The van der Waals surface area contributed by atoms with E-state index >= 15 is 0 Å². The highest BCUT2D eigenvalue weighted by Gasteiger charge is 2.19. The number of hydrogen-bond acceptors (Lipinski definition) is 6. The van der Waals surface area contributed by atoms with Gasteiger partial charge in [0, 0.05) is 28.4 Å². The van der Waals surface area contributed by atoms with E-state index in [1.807, 2.05) is 0 Å². The van der Waals surface area contributed by atoms with Crippen molar-refractivity contribution >= 4 is 35.2 Å². The number of nitro benzene ring substituents is 1. The maximum atomic E-state index is 11.9. The number of nitrogens with zero attached hydrogens (tertiary/aromatic N) is 2. The summed E-state index contributed by atoms with van der Waals surface area (Å²) in [6.07, 6.45) is 1.26. The molecule has 2 aromatic carbocycles. The van der Waals surface area contributed by atoms with Crippen molar-refractivity contribution in [1.82, 2.24) is 5.43 Å². The Morgan fingerprint density at radius 1 is 1.18 bits per heavy atom. The van der Waals surface area contributed by atoms with Crippen molar-refractivity contribution < 1.29 is 19.2 Å². The van der Waals surface area contributed by atoms with Crippen LogP contribution < -0.4 is 20.2 Å². The summed E-state index contributed by atoms with van der Waals surface area (Å²) in [6, 6.07) is 8.65. The lowest BCUT2D eigenvalue weighted by Gasteiger charge is -2.11. The first-order valence-corrected chi connectivity index (χ1v) is 8.76. The van der Waals surface area contributed by atoms with E-state index in [0.717, 1.165) is 0 Å². The first-order chi connectivity index (χ1) is 13.4. The highest BCUT2D eigenvalue weighted by atomic mass is 35.5. The van der Waals surface area contributed by atoms with Crippen LogP contribution in [0.3, 0.4) is 0 Å². The van der Waals surface area contributed by atoms with Crippen LogP contribution in [0.15, 0.2) is 41.5 Å². The second-order valence-corrected chi connectivity index (χ2v) is 5.75. The van der Waals surface area contributed by atoms with Crippen molar-refractivity contribution in [3.05, 3.63) is 57.1 Å². The molecule has 148 valence electrons. The van der Waals surface area contributed by atoms with Crippen molar-refractivity contribution in [3.63, 3.8) is 0 Å². The quantitative estimate of drug-likeness (QED) is 0.387. The van der Waals surface area contributed by atoms with Gasteiger partial charge in [-0.1, -0.05) is 11.6 Å². The number of amides is 2. The normalized spacial score (nSPS) is 10.5. The second kappa shape index (κ2) is 10.1. The summed E-state index contributed by atoms with van der Waals surface area (Å²) in [7, 11) is 0. The van der Waals surface area contributed by atoms with Gasteiger partial charge >= 0.3 is 11.7 Å². The van der Waals surface area contributed by atoms with Gasteiger partial charge in [0.2, 0.25) is 5.75 Å². The van der Waals surface area contributed by atoms with Gasteiger partial charge in [-0.2, -0.15) is 5.10 Å². The predicted molar refractivity (Wildman–Crippen MR) is 107 cm³/mol. The molecule has 0 fully saturated rings. The third kappa shape index (κ3) is 5.85. The maximum Gasteiger partial charge on any atom is 0.339 e. The van der Waals surface area contributed by atoms with E-state index in [1.165, 1.54) is 18.3 Å². The Balaban J connectivity index is 2.15. The van der Waals surface area contributed by atoms with Crippen LogP contribution in [-0.4, -0.2) is 30.4 Å². The molecule has 2 amide bonds. The smallest absolute Gasteiger partial charge is 0.339 e. The van der Waals surface area contributed by atoms with Crippen molar-refractivity contribution in [2.45, 2.75) is 13.8 Å². The zero-order valence-corrected chi connectivity index (χ0v) is 16.0. The minimum Gasteiger partial charge on any atom is -0.493 e. The predicted octanol–water partition coefficient (Wildman–Crippen LogP) is 4.20. The monoisotopic (exact) mass is 406 g/mol. The summed E-state index contributed by atoms with van der Waals surface area (Å²) in [6.45, 7) is 4.12. The fraction of sp³-hybridized carbons (Fsp3) is 0.222. The van der Waals surface area contributed by atoms with Gasteiger partial charge in [-0.25, -0.2) is 10.2 Å². The van der Waals surface area contributed by atoms with Crippen LogP contribution in [0.5, 0.6) is 11.5 Å². The molecule has 0 aliphatic heterocycles. The van der Waals surface area contributed by atoms with Gasteiger partial charge in [-0.15, -0.1) is 0 Å². The fourth-order valence-corrected chi connectivity index (χ4v) is 2.34. The number of urea groups is 1. The number of halogens is 1. The zero-order valence-electron chi connectivity index (χ0n) is 15.3. The van der Waals surface area contributed by atoms with Crippen LogP contribution in [0, 0.1) is 10.1 Å². The number of hydrazone groups is 1. The van der Waals surface area contributed by atoms with Crippen molar-refractivity contribution in [2.24, 2.45) is 5.10 Å². The number of rotatable bonds is 8. The molecule has 0 unspecified atom stereocenters. The molecule has 0 saturated carbocycles. The van der Waals surface area contributed by atoms with Gasteiger partial charge in [-0.05, 0) is 38.1 Å². The highest BCUT2D eigenvalue weighted by Crippen LogP contribution is 2.34. The lowest BCUT2D eigenvalue weighted by atomic mass is 10.1. The molecule has 0 atom stereocenters. The van der Waals surface area contributed by atoms with Crippen molar-refractivity contribution in [3.8, 4) is 11.5 Å². The summed E-state index contributed by atoms with van der Waals surface area (Å²) in [5.74, 6) is 0.446. The number of ether oxygens (including phenoxy) is 2. The van der Waals surface area contributed by atoms with Crippen LogP contribution in [0.1, 0.15) is 19.4 Å². The maximum absolute atomic E-state index is 11.9. The van der Waals surface area contributed by atoms with E-state index in [4.69, 9.17) is 21.1 Å². The topological polar surface area (TPSA) is 115 Å². The van der Waals surface area contributed by atoms with Crippen LogP contribution in [0.2, 0.25) is 5.02 Å². The third-order valence-corrected chi connectivity index (χ3v) is 3.61. The Bertz CT molecular complexity index is 871. The Labute approximate surface area is 166 Å². The molecule has 9 nitrogen and oxygen atoms in total. The minimum atomic E-state index is -0.586. The number of nitrogens with one attached hydrogen (secondary N) is 2. The van der Waals surface area contributed by atoms with E-state index in [2.05, 4.69) is 15.8 Å². The summed E-state index contributed by atoms with van der Waals surface area (Å²) in [5.41, 5.74) is 2.91. The van der Waals surface area contributed by atoms with Crippen LogP contribution >= 0.6 is 11.6 Å². The third-order valence-electron chi connectivity index (χ3n) is 3.36. The lowest BCUT2D eigenvalue weighted by molar-refractivity contribution is -0.385. The molecular weight excluding hydrogens is 388 g/mol. The van der Waals surface area contributed by atoms with Crippen molar-refractivity contribution in [1.29, 1.82) is 0 Å². The molecule has 0 aromatic heterocycles. The Morgan fingerprint density at radius 3 is 2.43 bits per heavy atom. The molecule has 0 saturated heterocycles. The summed E-state index contributed by atoms with van der Waals surface area (Å²) < 4.78 is 10.8. The van der Waals surface area contributed by atoms with E-state index in [-0.39, 0.29) is 18.0 Å². The Kier molecular flexibility index (Phi) is 7.58. The minimum absolute atomic E-state index is 0.0986. The molecular formula is C18H19ClN4O5. The number of hydrogen-bond donors (Lipinski definition) is 2. The molecule has 0 heterocycles. The molecule has 0 aliphatic carbocycles. The molecule has 0 aliphatic rings. The average molecular weight is 407 g/mol. The molecule has 10 heteroatoms. The van der Waals surface area contributed by atoms with Gasteiger partial charge in [0.15, 0.2) is 0 Å². The number of carbonyl (C=O) groups excluding carboxylic acids is 1. The SMILES string of the molecule is CCOc1cc(OCC)c([N+](=O)[O-])cc1/C=N\NC(=O)Nc1ccc(Cl)cc1. The summed E-state index contributed by atoms with van der Waals surface area (Å²) in [5, 5.41) is 18.2. The Morgan fingerprint density at radius 2 is 1.82 bits per heavy atom. The molecule has 2 N–H and O–H groups in total. The standard InChI is InChI=1S/C18H19ClN4O5/c1-3-27-16-10-17(28-4-2)15(23(25)26)9-12(16)11-20-22-18(24)21-14-7-5-13(19)6-8-14/h5-11H,3-4H2,1-2H3,(H2,21,22,24)/b20-11-. The van der Waals surface area contributed by atoms with Gasteiger partial charge in [0.1, 0.15) is 5.75 Å². The number of benzene rings is 2. The molecule has 0 radical (unpaired) electrons. The van der Waals surface area contributed by atoms with E-state index in [9.17, 15) is 14.9 Å². The highest BCUT2D eigenvalue weighted by molar-refractivity contribution is 6.30. The molecule has 0 bridgehead atoms. The van der Waals surface area contributed by atoms with Gasteiger partial charge in [-0.3, -0.25) is 10.1 Å². The zero-order chi connectivity index (χ0) is 20.5.